The Morgan fingerprint density at radius 1 is 1.12 bits per heavy atom. The summed E-state index contributed by atoms with van der Waals surface area (Å²) in [5.74, 6) is -0.582. The summed E-state index contributed by atoms with van der Waals surface area (Å²) < 4.78 is 49.7. The molecule has 0 bridgehead atoms. The number of ether oxygens (including phenoxy) is 1. The summed E-state index contributed by atoms with van der Waals surface area (Å²) in [6, 6.07) is 11.9. The van der Waals surface area contributed by atoms with Gasteiger partial charge in [-0.1, -0.05) is 51.1 Å². The van der Waals surface area contributed by atoms with E-state index in [4.69, 9.17) is 27.7 Å². The van der Waals surface area contributed by atoms with Gasteiger partial charge in [-0.3, -0.25) is 0 Å². The van der Waals surface area contributed by atoms with Gasteiger partial charge in [0.15, 0.2) is 16.8 Å². The van der Waals surface area contributed by atoms with Crippen molar-refractivity contribution < 1.29 is 17.9 Å². The van der Waals surface area contributed by atoms with Crippen LogP contribution < -0.4 is 5.73 Å². The van der Waals surface area contributed by atoms with Crippen LogP contribution in [-0.2, 0) is 11.3 Å². The van der Waals surface area contributed by atoms with Gasteiger partial charge in [0, 0.05) is 25.7 Å². The number of hydrogen-bond acceptors (Lipinski definition) is 5. The van der Waals surface area contributed by atoms with Crippen LogP contribution in [0.3, 0.4) is 0 Å². The summed E-state index contributed by atoms with van der Waals surface area (Å²) in [6.45, 7) is 8.61. The summed E-state index contributed by atoms with van der Waals surface area (Å²) >= 11 is 6.03. The maximum atomic E-state index is 14.9. The molecule has 0 amide bonds. The Labute approximate surface area is 239 Å². The molecule has 11 heteroatoms. The molecular weight excluding hydrogens is 537 g/mol. The zero-order valence-electron chi connectivity index (χ0n) is 23.2. The van der Waals surface area contributed by atoms with Crippen LogP contribution in [0.1, 0.15) is 44.6 Å². The highest BCUT2D eigenvalue weighted by atomic mass is 32.1. The highest BCUT2D eigenvalue weighted by molar-refractivity contribution is 7.80. The van der Waals surface area contributed by atoms with Crippen molar-refractivity contribution in [3.63, 3.8) is 0 Å². The molecule has 0 spiro atoms. The molecule has 216 valence electrons. The zero-order chi connectivity index (χ0) is 28.9. The highest BCUT2D eigenvalue weighted by Gasteiger charge is 2.39. The van der Waals surface area contributed by atoms with Crippen molar-refractivity contribution in [1.82, 2.24) is 24.6 Å². The third kappa shape index (κ3) is 7.18. The van der Waals surface area contributed by atoms with Crippen LogP contribution in [0.4, 0.5) is 13.2 Å². The third-order valence-electron chi connectivity index (χ3n) is 6.89. The largest absolute Gasteiger partial charge is 0.378 e. The maximum absolute atomic E-state index is 14.9. The van der Waals surface area contributed by atoms with Crippen molar-refractivity contribution in [2.75, 3.05) is 39.5 Å². The van der Waals surface area contributed by atoms with Crippen LogP contribution in [0.25, 0.3) is 11.4 Å². The number of benzene rings is 2. The van der Waals surface area contributed by atoms with Crippen molar-refractivity contribution >= 4 is 17.3 Å². The number of nitrogens with zero attached hydrogens (tertiary/aromatic N) is 5. The summed E-state index contributed by atoms with van der Waals surface area (Å²) in [5.41, 5.74) is 6.49. The van der Waals surface area contributed by atoms with Gasteiger partial charge in [-0.05, 0) is 47.8 Å². The van der Waals surface area contributed by atoms with Gasteiger partial charge >= 0.3 is 0 Å². The number of nitrogens with two attached hydrogens (primary N) is 1. The van der Waals surface area contributed by atoms with E-state index < -0.39 is 35.8 Å². The fourth-order valence-electron chi connectivity index (χ4n) is 4.86. The second kappa shape index (κ2) is 13.1. The molecule has 40 heavy (non-hydrogen) atoms. The maximum Gasteiger partial charge on any atom is 0.184 e. The molecule has 2 N–H and O–H groups in total. The molecule has 0 unspecified atom stereocenters. The molecular formula is C29H37F3N6OS. The summed E-state index contributed by atoms with van der Waals surface area (Å²) in [4.78, 5) is 8.94. The Balaban J connectivity index is 1.85. The first-order chi connectivity index (χ1) is 19.1. The van der Waals surface area contributed by atoms with Crippen LogP contribution in [0, 0.1) is 17.0 Å². The average molecular weight is 575 g/mol. The lowest BCUT2D eigenvalue weighted by molar-refractivity contribution is 0.0560. The fourth-order valence-corrected chi connectivity index (χ4v) is 5.24. The van der Waals surface area contributed by atoms with Crippen molar-refractivity contribution in [2.45, 2.75) is 45.8 Å². The number of hydrogen-bond donors (Lipinski definition) is 1. The molecule has 2 heterocycles. The lowest BCUT2D eigenvalue weighted by Gasteiger charge is -2.44. The molecule has 1 fully saturated rings. The Kier molecular flexibility index (Phi) is 9.81. The minimum absolute atomic E-state index is 0.0255. The number of aromatic nitrogens is 3. The fraction of sp³-hybridized carbons (Fsp3) is 0.483. The van der Waals surface area contributed by atoms with E-state index in [9.17, 15) is 13.2 Å². The van der Waals surface area contributed by atoms with E-state index in [0.29, 0.717) is 56.8 Å². The number of alkyl halides is 1. The summed E-state index contributed by atoms with van der Waals surface area (Å²) in [5, 5.41) is 5.27. The summed E-state index contributed by atoms with van der Waals surface area (Å²) in [6.07, 6.45) is 0.367. The third-order valence-corrected chi connectivity index (χ3v) is 7.38. The minimum atomic E-state index is -0.647. The Hall–Kier alpha value is -3.02. The molecule has 2 aromatic carbocycles. The molecule has 1 aromatic heterocycles. The first kappa shape index (κ1) is 30.0. The van der Waals surface area contributed by atoms with Crippen LogP contribution >= 0.6 is 12.2 Å². The molecule has 4 rings (SSSR count). The number of morpholine rings is 1. The van der Waals surface area contributed by atoms with E-state index in [2.05, 4.69) is 30.8 Å². The normalized spacial score (nSPS) is 15.6. The van der Waals surface area contributed by atoms with Gasteiger partial charge < -0.3 is 20.3 Å². The topological polar surface area (TPSA) is 72.4 Å². The van der Waals surface area contributed by atoms with Gasteiger partial charge in [0.1, 0.15) is 18.3 Å². The van der Waals surface area contributed by atoms with E-state index in [1.807, 2.05) is 35.2 Å². The predicted molar refractivity (Wildman–Crippen MR) is 153 cm³/mol. The van der Waals surface area contributed by atoms with E-state index in [-0.39, 0.29) is 11.4 Å². The quantitative estimate of drug-likeness (QED) is 0.362. The Morgan fingerprint density at radius 3 is 2.48 bits per heavy atom. The van der Waals surface area contributed by atoms with Crippen LogP contribution in [0.5, 0.6) is 0 Å². The van der Waals surface area contributed by atoms with Gasteiger partial charge in [-0.2, -0.15) is 5.10 Å². The smallest absolute Gasteiger partial charge is 0.184 e. The Bertz CT molecular complexity index is 1280. The molecule has 1 saturated heterocycles. The molecule has 0 aliphatic carbocycles. The van der Waals surface area contributed by atoms with Gasteiger partial charge in [0.2, 0.25) is 0 Å². The first-order valence-electron chi connectivity index (χ1n) is 13.5. The lowest BCUT2D eigenvalue weighted by Crippen LogP contribution is -2.52. The van der Waals surface area contributed by atoms with E-state index in [1.165, 1.54) is 0 Å². The van der Waals surface area contributed by atoms with Gasteiger partial charge in [0.25, 0.3) is 0 Å². The number of thiocarbonyl (C=S) groups is 1. The van der Waals surface area contributed by atoms with Gasteiger partial charge in [0.05, 0.1) is 31.4 Å². The second-order valence-corrected chi connectivity index (χ2v) is 11.5. The summed E-state index contributed by atoms with van der Waals surface area (Å²) in [7, 11) is 0. The first-order valence-corrected chi connectivity index (χ1v) is 13.9. The molecule has 0 radical (unpaired) electrons. The molecule has 7 nitrogen and oxygen atoms in total. The van der Waals surface area contributed by atoms with Crippen molar-refractivity contribution in [1.29, 1.82) is 0 Å². The molecule has 2 atom stereocenters. The number of halogens is 3. The number of rotatable bonds is 9. The van der Waals surface area contributed by atoms with E-state index >= 15 is 0 Å². The average Bonchev–Trinajstić information content (AvgIpc) is 3.34. The van der Waals surface area contributed by atoms with Crippen LogP contribution in [-0.4, -0.2) is 75.2 Å². The van der Waals surface area contributed by atoms with E-state index in [1.54, 1.807) is 4.68 Å². The van der Waals surface area contributed by atoms with Crippen LogP contribution in [0.2, 0.25) is 0 Å². The SMILES string of the molecule is CC(C)(C)[C@H](c1nc(-c2cc(F)ccc2F)nn1Cc1ccccc1)N(CC[C@H](N)CF)C(=S)N1CCOCC1. The molecule has 3 aromatic rings. The van der Waals surface area contributed by atoms with Gasteiger partial charge in [-0.15, -0.1) is 0 Å². The van der Waals surface area contributed by atoms with Crippen molar-refractivity contribution in [3.8, 4) is 11.4 Å². The van der Waals surface area contributed by atoms with Gasteiger partial charge in [-0.25, -0.2) is 22.8 Å². The van der Waals surface area contributed by atoms with Crippen LogP contribution in [0.15, 0.2) is 48.5 Å². The Morgan fingerprint density at radius 2 is 1.82 bits per heavy atom. The molecule has 0 saturated carbocycles. The minimum Gasteiger partial charge on any atom is -0.378 e. The second-order valence-electron chi connectivity index (χ2n) is 11.1. The van der Waals surface area contributed by atoms with E-state index in [0.717, 1.165) is 23.8 Å². The lowest BCUT2D eigenvalue weighted by atomic mass is 9.84. The molecule has 1 aliphatic heterocycles. The standard InChI is InChI=1S/C29H37F3N6OS/c1-29(2,3)25(37(12-11-22(33)18-30)28(40)36-13-15-39-16-14-36)27-34-26(23-17-21(31)9-10-24(23)32)35-38(27)19-20-7-5-4-6-8-20/h4-10,17,22,25H,11-16,18-19,33H2,1-3H3/t22-,25-/m0/s1. The monoisotopic (exact) mass is 574 g/mol. The predicted octanol–water partition coefficient (Wildman–Crippen LogP) is 4.96. The highest BCUT2D eigenvalue weighted by Crippen LogP contribution is 2.39. The van der Waals surface area contributed by atoms with Crippen molar-refractivity contribution in [2.24, 2.45) is 11.1 Å². The molecule has 1 aliphatic rings. The van der Waals surface area contributed by atoms with Crippen molar-refractivity contribution in [3.05, 3.63) is 71.6 Å². The zero-order valence-corrected chi connectivity index (χ0v) is 24.0.